The van der Waals surface area contributed by atoms with Gasteiger partial charge in [0.2, 0.25) is 0 Å². The zero-order valence-electron chi connectivity index (χ0n) is 16.0. The molecule has 0 heterocycles. The van der Waals surface area contributed by atoms with Gasteiger partial charge < -0.3 is 15.7 Å². The Bertz CT molecular complexity index is 554. The van der Waals surface area contributed by atoms with E-state index in [2.05, 4.69) is 34.6 Å². The van der Waals surface area contributed by atoms with Gasteiger partial charge in [-0.05, 0) is 44.1 Å². The molecule has 0 saturated heterocycles. The standard InChI is InChI=1S/C21H34N4O/c1-2-22-21(24-14-19(16-26)18-6-4-3-5-7-18)23-12-13-25(20-10-11-20)15-17-8-9-17/h3-7,17,19-20,26H,2,8-16H2,1H3,(H2,22,23,24). The van der Waals surface area contributed by atoms with E-state index in [-0.39, 0.29) is 12.5 Å². The van der Waals surface area contributed by atoms with E-state index >= 15 is 0 Å². The Morgan fingerprint density at radius 1 is 1.19 bits per heavy atom. The SMILES string of the molecule is CCNC(=NCC(CO)c1ccccc1)NCCN(CC1CC1)C1CC1. The summed E-state index contributed by atoms with van der Waals surface area (Å²) in [6.07, 6.45) is 5.58. The summed E-state index contributed by atoms with van der Waals surface area (Å²) in [6.45, 7) is 6.92. The maximum atomic E-state index is 9.71. The molecule has 1 aromatic carbocycles. The van der Waals surface area contributed by atoms with Crippen molar-refractivity contribution in [2.75, 3.05) is 39.3 Å². The molecule has 2 aliphatic carbocycles. The third-order valence-electron chi connectivity index (χ3n) is 5.25. The number of nitrogens with zero attached hydrogens (tertiary/aromatic N) is 2. The van der Waals surface area contributed by atoms with Gasteiger partial charge in [-0.2, -0.15) is 0 Å². The average molecular weight is 359 g/mol. The lowest BCUT2D eigenvalue weighted by atomic mass is 10.0. The van der Waals surface area contributed by atoms with Gasteiger partial charge in [-0.1, -0.05) is 30.3 Å². The van der Waals surface area contributed by atoms with Gasteiger partial charge in [-0.25, -0.2) is 0 Å². The molecule has 1 unspecified atom stereocenters. The molecule has 0 amide bonds. The maximum Gasteiger partial charge on any atom is 0.191 e. The molecule has 1 aromatic rings. The Morgan fingerprint density at radius 3 is 2.58 bits per heavy atom. The smallest absolute Gasteiger partial charge is 0.191 e. The number of aliphatic hydroxyl groups excluding tert-OH is 1. The van der Waals surface area contributed by atoms with E-state index in [1.807, 2.05) is 18.2 Å². The van der Waals surface area contributed by atoms with Gasteiger partial charge in [-0.15, -0.1) is 0 Å². The number of aliphatic imine (C=N–C) groups is 1. The van der Waals surface area contributed by atoms with Crippen LogP contribution in [0.15, 0.2) is 35.3 Å². The van der Waals surface area contributed by atoms with Gasteiger partial charge in [0, 0.05) is 38.1 Å². The van der Waals surface area contributed by atoms with Crippen molar-refractivity contribution < 1.29 is 5.11 Å². The fourth-order valence-corrected chi connectivity index (χ4v) is 3.35. The molecule has 3 N–H and O–H groups in total. The molecular weight excluding hydrogens is 324 g/mol. The largest absolute Gasteiger partial charge is 0.396 e. The molecular formula is C21H34N4O. The summed E-state index contributed by atoms with van der Waals surface area (Å²) >= 11 is 0. The number of hydrogen-bond donors (Lipinski definition) is 3. The van der Waals surface area contributed by atoms with Crippen molar-refractivity contribution >= 4 is 5.96 Å². The molecule has 144 valence electrons. The quantitative estimate of drug-likeness (QED) is 0.419. The first-order chi connectivity index (χ1) is 12.8. The zero-order valence-corrected chi connectivity index (χ0v) is 16.0. The minimum absolute atomic E-state index is 0.0458. The van der Waals surface area contributed by atoms with Crippen molar-refractivity contribution in [3.05, 3.63) is 35.9 Å². The number of hydrogen-bond acceptors (Lipinski definition) is 3. The minimum atomic E-state index is 0.0458. The van der Waals surface area contributed by atoms with Crippen molar-refractivity contribution in [2.24, 2.45) is 10.9 Å². The molecule has 3 rings (SSSR count). The number of rotatable bonds is 11. The van der Waals surface area contributed by atoms with Gasteiger partial charge in [0.15, 0.2) is 5.96 Å². The van der Waals surface area contributed by atoms with Crippen LogP contribution in [0.25, 0.3) is 0 Å². The Balaban J connectivity index is 1.48. The summed E-state index contributed by atoms with van der Waals surface area (Å²) in [5, 5.41) is 16.5. The molecule has 1 atom stereocenters. The van der Waals surface area contributed by atoms with Crippen molar-refractivity contribution in [2.45, 2.75) is 44.6 Å². The third kappa shape index (κ3) is 6.29. The monoisotopic (exact) mass is 358 g/mol. The Hall–Kier alpha value is -1.59. The van der Waals surface area contributed by atoms with Crippen LogP contribution in [0.3, 0.4) is 0 Å². The first-order valence-electron chi connectivity index (χ1n) is 10.2. The molecule has 5 nitrogen and oxygen atoms in total. The first-order valence-corrected chi connectivity index (χ1v) is 10.2. The lowest BCUT2D eigenvalue weighted by Crippen LogP contribution is -2.42. The number of nitrogens with one attached hydrogen (secondary N) is 2. The van der Waals surface area contributed by atoms with E-state index in [4.69, 9.17) is 4.99 Å². The van der Waals surface area contributed by atoms with Gasteiger partial charge in [0.05, 0.1) is 13.2 Å². The molecule has 0 aliphatic heterocycles. The predicted molar refractivity (Wildman–Crippen MR) is 108 cm³/mol. The normalized spacial score (nSPS) is 18.8. The average Bonchev–Trinajstić information content (AvgIpc) is 3.56. The summed E-state index contributed by atoms with van der Waals surface area (Å²) in [7, 11) is 0. The highest BCUT2D eigenvalue weighted by molar-refractivity contribution is 5.79. The van der Waals surface area contributed by atoms with Crippen LogP contribution in [-0.2, 0) is 0 Å². The highest BCUT2D eigenvalue weighted by Crippen LogP contribution is 2.34. The highest BCUT2D eigenvalue weighted by atomic mass is 16.3. The lowest BCUT2D eigenvalue weighted by Gasteiger charge is -2.22. The van der Waals surface area contributed by atoms with E-state index in [0.29, 0.717) is 6.54 Å². The van der Waals surface area contributed by atoms with E-state index in [1.54, 1.807) is 0 Å². The van der Waals surface area contributed by atoms with Crippen LogP contribution in [0.5, 0.6) is 0 Å². The lowest BCUT2D eigenvalue weighted by molar-refractivity contribution is 0.256. The van der Waals surface area contributed by atoms with Crippen LogP contribution < -0.4 is 10.6 Å². The Morgan fingerprint density at radius 2 is 1.96 bits per heavy atom. The molecule has 26 heavy (non-hydrogen) atoms. The number of aliphatic hydroxyl groups is 1. The summed E-state index contributed by atoms with van der Waals surface area (Å²) in [4.78, 5) is 7.37. The molecule has 2 saturated carbocycles. The molecule has 2 fully saturated rings. The molecule has 5 heteroatoms. The van der Waals surface area contributed by atoms with Crippen LogP contribution in [0.1, 0.15) is 44.1 Å². The van der Waals surface area contributed by atoms with Crippen molar-refractivity contribution in [3.8, 4) is 0 Å². The molecule has 2 aliphatic rings. The molecule has 0 radical (unpaired) electrons. The number of benzene rings is 1. The van der Waals surface area contributed by atoms with Gasteiger partial charge in [-0.3, -0.25) is 9.89 Å². The van der Waals surface area contributed by atoms with Crippen molar-refractivity contribution in [3.63, 3.8) is 0 Å². The fraction of sp³-hybridized carbons (Fsp3) is 0.667. The summed E-state index contributed by atoms with van der Waals surface area (Å²) in [5.74, 6) is 1.85. The summed E-state index contributed by atoms with van der Waals surface area (Å²) in [5.41, 5.74) is 1.14. The van der Waals surface area contributed by atoms with Gasteiger partial charge >= 0.3 is 0 Å². The minimum Gasteiger partial charge on any atom is -0.396 e. The third-order valence-corrected chi connectivity index (χ3v) is 5.25. The predicted octanol–water partition coefficient (Wildman–Crippen LogP) is 2.19. The van der Waals surface area contributed by atoms with E-state index in [0.717, 1.165) is 43.1 Å². The zero-order chi connectivity index (χ0) is 18.2. The first kappa shape index (κ1) is 19.2. The summed E-state index contributed by atoms with van der Waals surface area (Å²) < 4.78 is 0. The van der Waals surface area contributed by atoms with Crippen LogP contribution in [0, 0.1) is 5.92 Å². The van der Waals surface area contributed by atoms with Gasteiger partial charge in [0.1, 0.15) is 0 Å². The van der Waals surface area contributed by atoms with E-state index in [1.165, 1.54) is 32.2 Å². The summed E-state index contributed by atoms with van der Waals surface area (Å²) in [6, 6.07) is 11.0. The Labute approximate surface area is 157 Å². The Kier molecular flexibility index (Phi) is 7.32. The van der Waals surface area contributed by atoms with E-state index < -0.39 is 0 Å². The van der Waals surface area contributed by atoms with Crippen LogP contribution in [-0.4, -0.2) is 61.3 Å². The van der Waals surface area contributed by atoms with Crippen LogP contribution in [0.4, 0.5) is 0 Å². The van der Waals surface area contributed by atoms with Crippen LogP contribution in [0.2, 0.25) is 0 Å². The molecule has 0 bridgehead atoms. The highest BCUT2D eigenvalue weighted by Gasteiger charge is 2.33. The second kappa shape index (κ2) is 9.93. The van der Waals surface area contributed by atoms with E-state index in [9.17, 15) is 5.11 Å². The van der Waals surface area contributed by atoms with Crippen molar-refractivity contribution in [1.82, 2.24) is 15.5 Å². The molecule has 0 spiro atoms. The maximum absolute atomic E-state index is 9.71. The van der Waals surface area contributed by atoms with Gasteiger partial charge in [0.25, 0.3) is 0 Å². The molecule has 0 aromatic heterocycles. The van der Waals surface area contributed by atoms with Crippen molar-refractivity contribution in [1.29, 1.82) is 0 Å². The second-order valence-corrected chi connectivity index (χ2v) is 7.61. The topological polar surface area (TPSA) is 59.9 Å². The number of guanidine groups is 1. The second-order valence-electron chi connectivity index (χ2n) is 7.61. The van der Waals surface area contributed by atoms with Crippen LogP contribution >= 0.6 is 0 Å². The fourth-order valence-electron chi connectivity index (χ4n) is 3.35.